The molecule has 2 aromatic rings. The van der Waals surface area contributed by atoms with Gasteiger partial charge in [0, 0.05) is 17.8 Å². The van der Waals surface area contributed by atoms with Gasteiger partial charge in [0.25, 0.3) is 0 Å². The number of hydrogen-bond donors (Lipinski definition) is 2. The first kappa shape index (κ1) is 16.3. The van der Waals surface area contributed by atoms with Gasteiger partial charge in [0.2, 0.25) is 10.0 Å². The monoisotopic (exact) mass is 324 g/mol. The molecule has 0 atom stereocenters. The maximum Gasteiger partial charge on any atom is 0.241 e. The van der Waals surface area contributed by atoms with Gasteiger partial charge >= 0.3 is 0 Å². The van der Waals surface area contributed by atoms with Crippen molar-refractivity contribution in [3.63, 3.8) is 0 Å². The van der Waals surface area contributed by atoms with Gasteiger partial charge in [-0.2, -0.15) is 0 Å². The van der Waals surface area contributed by atoms with Gasteiger partial charge in [-0.05, 0) is 36.8 Å². The van der Waals surface area contributed by atoms with Gasteiger partial charge in [0.05, 0.1) is 12.0 Å². The van der Waals surface area contributed by atoms with E-state index < -0.39 is 15.8 Å². The van der Waals surface area contributed by atoms with Crippen LogP contribution in [0, 0.1) is 12.7 Å². The third-order valence-electron chi connectivity index (χ3n) is 3.23. The summed E-state index contributed by atoms with van der Waals surface area (Å²) in [7, 11) is -2.51. The van der Waals surface area contributed by atoms with E-state index in [4.69, 9.17) is 10.5 Å². The van der Waals surface area contributed by atoms with Gasteiger partial charge in [-0.25, -0.2) is 17.5 Å². The number of benzene rings is 2. The van der Waals surface area contributed by atoms with E-state index in [-0.39, 0.29) is 22.8 Å². The number of hydrogen-bond acceptors (Lipinski definition) is 4. The molecule has 7 heteroatoms. The largest absolute Gasteiger partial charge is 0.494 e. The fraction of sp³-hybridized carbons (Fsp3) is 0.200. The zero-order chi connectivity index (χ0) is 16.3. The molecule has 0 aliphatic heterocycles. The third-order valence-corrected chi connectivity index (χ3v) is 4.77. The van der Waals surface area contributed by atoms with Crippen molar-refractivity contribution in [2.75, 3.05) is 12.8 Å². The highest BCUT2D eigenvalue weighted by molar-refractivity contribution is 7.89. The molecule has 22 heavy (non-hydrogen) atoms. The number of methoxy groups -OCH3 is 1. The van der Waals surface area contributed by atoms with Crippen LogP contribution in [0.1, 0.15) is 11.1 Å². The lowest BCUT2D eigenvalue weighted by molar-refractivity contribution is 0.384. The summed E-state index contributed by atoms with van der Waals surface area (Å²) in [6.07, 6.45) is 0. The molecule has 0 aliphatic rings. The molecule has 0 fully saturated rings. The molecular formula is C15H17FN2O3S. The summed E-state index contributed by atoms with van der Waals surface area (Å²) < 4.78 is 45.9. The standard InChI is InChI=1S/C15H17FN2O3S/c1-10-14(7-6-13(21-2)15(10)16)22(19,20)18-9-11-4-3-5-12(17)8-11/h3-8,18H,9,17H2,1-2H3. The minimum absolute atomic E-state index is 0.00674. The fourth-order valence-corrected chi connectivity index (χ4v) is 3.30. The van der Waals surface area contributed by atoms with E-state index in [1.54, 1.807) is 24.3 Å². The summed E-state index contributed by atoms with van der Waals surface area (Å²) >= 11 is 0. The fourth-order valence-electron chi connectivity index (χ4n) is 2.05. The average Bonchev–Trinajstić information content (AvgIpc) is 2.48. The molecule has 118 valence electrons. The van der Waals surface area contributed by atoms with Crippen molar-refractivity contribution in [2.24, 2.45) is 0 Å². The summed E-state index contributed by atoms with van der Waals surface area (Å²) in [6, 6.07) is 9.47. The molecule has 0 amide bonds. The van der Waals surface area contributed by atoms with E-state index in [9.17, 15) is 12.8 Å². The molecule has 3 N–H and O–H groups in total. The Hall–Kier alpha value is -2.12. The molecule has 0 saturated carbocycles. The Labute approximate surface area is 129 Å². The van der Waals surface area contributed by atoms with Crippen LogP contribution in [0.4, 0.5) is 10.1 Å². The lowest BCUT2D eigenvalue weighted by Gasteiger charge is -2.12. The maximum atomic E-state index is 14.0. The Morgan fingerprint density at radius 2 is 2.00 bits per heavy atom. The number of nitrogens with two attached hydrogens (primary N) is 1. The number of rotatable bonds is 5. The second-order valence-electron chi connectivity index (χ2n) is 4.77. The SMILES string of the molecule is COc1ccc(S(=O)(=O)NCc2cccc(N)c2)c(C)c1F. The van der Waals surface area contributed by atoms with Crippen molar-refractivity contribution < 1.29 is 17.5 Å². The summed E-state index contributed by atoms with van der Waals surface area (Å²) in [5.41, 5.74) is 6.92. The van der Waals surface area contributed by atoms with Gasteiger partial charge < -0.3 is 10.5 Å². The molecule has 2 rings (SSSR count). The molecule has 5 nitrogen and oxygen atoms in total. The second-order valence-corrected chi connectivity index (χ2v) is 6.51. The van der Waals surface area contributed by atoms with Gasteiger partial charge in [0.15, 0.2) is 11.6 Å². The van der Waals surface area contributed by atoms with E-state index in [2.05, 4.69) is 4.72 Å². The summed E-state index contributed by atoms with van der Waals surface area (Å²) in [6.45, 7) is 1.47. The second kappa shape index (κ2) is 6.33. The predicted octanol–water partition coefficient (Wildman–Crippen LogP) is 2.20. The van der Waals surface area contributed by atoms with Crippen LogP contribution in [0.2, 0.25) is 0 Å². The van der Waals surface area contributed by atoms with Crippen LogP contribution < -0.4 is 15.2 Å². The third kappa shape index (κ3) is 3.37. The zero-order valence-corrected chi connectivity index (χ0v) is 13.1. The van der Waals surface area contributed by atoms with Crippen molar-refractivity contribution in [3.8, 4) is 5.75 Å². The van der Waals surface area contributed by atoms with E-state index in [1.165, 1.54) is 26.2 Å². The van der Waals surface area contributed by atoms with Crippen LogP contribution in [0.3, 0.4) is 0 Å². The highest BCUT2D eigenvalue weighted by Crippen LogP contribution is 2.26. The number of nitrogens with one attached hydrogen (secondary N) is 1. The van der Waals surface area contributed by atoms with Crippen molar-refractivity contribution >= 4 is 15.7 Å². The topological polar surface area (TPSA) is 81.4 Å². The van der Waals surface area contributed by atoms with Crippen LogP contribution in [0.5, 0.6) is 5.75 Å². The highest BCUT2D eigenvalue weighted by Gasteiger charge is 2.20. The summed E-state index contributed by atoms with van der Waals surface area (Å²) in [5, 5.41) is 0. The van der Waals surface area contributed by atoms with Crippen LogP contribution >= 0.6 is 0 Å². The zero-order valence-electron chi connectivity index (χ0n) is 12.3. The average molecular weight is 324 g/mol. The first-order valence-corrected chi connectivity index (χ1v) is 8.00. The van der Waals surface area contributed by atoms with Crippen molar-refractivity contribution in [3.05, 3.63) is 53.3 Å². The van der Waals surface area contributed by atoms with Crippen LogP contribution in [-0.2, 0) is 16.6 Å². The molecule has 0 aromatic heterocycles. The quantitative estimate of drug-likeness (QED) is 0.826. The first-order valence-electron chi connectivity index (χ1n) is 6.52. The van der Waals surface area contributed by atoms with Crippen molar-refractivity contribution in [2.45, 2.75) is 18.4 Å². The molecule has 2 aromatic carbocycles. The molecule has 0 unspecified atom stereocenters. The number of halogens is 1. The van der Waals surface area contributed by atoms with E-state index in [1.807, 2.05) is 0 Å². The van der Waals surface area contributed by atoms with E-state index >= 15 is 0 Å². The molecular weight excluding hydrogens is 307 g/mol. The van der Waals surface area contributed by atoms with Gasteiger partial charge in [0.1, 0.15) is 0 Å². The smallest absolute Gasteiger partial charge is 0.241 e. The number of ether oxygens (including phenoxy) is 1. The summed E-state index contributed by atoms with van der Waals surface area (Å²) in [4.78, 5) is -0.116. The molecule has 0 saturated heterocycles. The van der Waals surface area contributed by atoms with Gasteiger partial charge in [-0.15, -0.1) is 0 Å². The molecule has 0 radical (unpaired) electrons. The number of nitrogen functional groups attached to an aromatic ring is 1. The molecule has 0 bridgehead atoms. The highest BCUT2D eigenvalue weighted by atomic mass is 32.2. The Morgan fingerprint density at radius 3 is 2.64 bits per heavy atom. The van der Waals surface area contributed by atoms with Crippen LogP contribution in [0.25, 0.3) is 0 Å². The maximum absolute atomic E-state index is 14.0. The Morgan fingerprint density at radius 1 is 1.27 bits per heavy atom. The van der Waals surface area contributed by atoms with E-state index in [0.717, 1.165) is 5.56 Å². The first-order chi connectivity index (χ1) is 10.3. The number of anilines is 1. The predicted molar refractivity (Wildman–Crippen MR) is 82.6 cm³/mol. The molecule has 0 heterocycles. The lowest BCUT2D eigenvalue weighted by atomic mass is 10.2. The number of sulfonamides is 1. The van der Waals surface area contributed by atoms with E-state index in [0.29, 0.717) is 5.69 Å². The molecule has 0 aliphatic carbocycles. The normalized spacial score (nSPS) is 11.4. The summed E-state index contributed by atoms with van der Waals surface area (Å²) in [5.74, 6) is -0.679. The lowest BCUT2D eigenvalue weighted by Crippen LogP contribution is -2.24. The van der Waals surface area contributed by atoms with Crippen molar-refractivity contribution in [1.82, 2.24) is 4.72 Å². The van der Waals surface area contributed by atoms with Crippen molar-refractivity contribution in [1.29, 1.82) is 0 Å². The minimum Gasteiger partial charge on any atom is -0.494 e. The van der Waals surface area contributed by atoms with Crippen LogP contribution in [-0.4, -0.2) is 15.5 Å². The Bertz CT molecular complexity index is 791. The van der Waals surface area contributed by atoms with Crippen LogP contribution in [0.15, 0.2) is 41.3 Å². The van der Waals surface area contributed by atoms with Gasteiger partial charge in [-0.1, -0.05) is 12.1 Å². The minimum atomic E-state index is -3.84. The Balaban J connectivity index is 2.26. The molecule has 0 spiro atoms. The Kier molecular flexibility index (Phi) is 4.68. The van der Waals surface area contributed by atoms with Gasteiger partial charge in [-0.3, -0.25) is 0 Å².